The van der Waals surface area contributed by atoms with Gasteiger partial charge >= 0.3 is 11.7 Å². The number of nitrogens with zero attached hydrogens (tertiary/aromatic N) is 2. The molecule has 1 aromatic heterocycles. The number of aromatic hydroxyl groups is 1. The number of amides is 1. The Balaban J connectivity index is 2.89. The van der Waals surface area contributed by atoms with Crippen LogP contribution >= 0.6 is 0 Å². The molecule has 1 amide bonds. The van der Waals surface area contributed by atoms with E-state index >= 15 is 0 Å². The highest BCUT2D eigenvalue weighted by molar-refractivity contribution is 5.86. The summed E-state index contributed by atoms with van der Waals surface area (Å²) in [5.41, 5.74) is -1.79. The molecule has 0 aliphatic rings. The molecular weight excluding hydrogens is 308 g/mol. The molecule has 0 aromatic carbocycles. The molecule has 0 bridgehead atoms. The Morgan fingerprint density at radius 3 is 2.70 bits per heavy atom. The number of carboxylic acids is 1. The van der Waals surface area contributed by atoms with Crippen LogP contribution in [-0.2, 0) is 16.1 Å². The third-order valence-electron chi connectivity index (χ3n) is 2.83. The maximum absolute atomic E-state index is 11.7. The average Bonchev–Trinajstić information content (AvgIpc) is 2.48. The van der Waals surface area contributed by atoms with Crippen molar-refractivity contribution in [3.8, 4) is 5.88 Å². The van der Waals surface area contributed by atoms with Gasteiger partial charge in [0.2, 0.25) is 11.8 Å². The Bertz CT molecular complexity index is 718. The van der Waals surface area contributed by atoms with E-state index in [1.165, 1.54) is 0 Å². The van der Waals surface area contributed by atoms with Crippen LogP contribution in [0.1, 0.15) is 25.3 Å². The number of carbonyl (C=O) groups excluding carboxylic acids is 1. The van der Waals surface area contributed by atoms with Gasteiger partial charge in [0.05, 0.1) is 0 Å². The van der Waals surface area contributed by atoms with Gasteiger partial charge in [-0.1, -0.05) is 13.3 Å². The molecule has 0 atom stereocenters. The average molecular weight is 326 g/mol. The third-order valence-corrected chi connectivity index (χ3v) is 2.83. The topological polar surface area (TPSA) is 154 Å². The zero-order chi connectivity index (χ0) is 17.4. The second-order valence-corrected chi connectivity index (χ2v) is 4.64. The van der Waals surface area contributed by atoms with E-state index in [0.717, 1.165) is 17.2 Å². The number of rotatable bonds is 8. The molecule has 0 saturated heterocycles. The number of H-pyrrole nitrogens is 1. The van der Waals surface area contributed by atoms with Crippen molar-refractivity contribution in [3.63, 3.8) is 0 Å². The molecule has 0 aliphatic heterocycles. The quantitative estimate of drug-likeness (QED) is 0.434. The number of nitrogens with one attached hydrogen (secondary N) is 2. The van der Waals surface area contributed by atoms with Crippen molar-refractivity contribution in [3.05, 3.63) is 26.4 Å². The number of aliphatic imine (C=N–C) groups is 1. The molecule has 23 heavy (non-hydrogen) atoms. The van der Waals surface area contributed by atoms with Crippen molar-refractivity contribution >= 4 is 18.1 Å². The molecule has 1 heterocycles. The highest BCUT2D eigenvalue weighted by atomic mass is 16.4. The normalized spacial score (nSPS) is 10.8. The predicted molar refractivity (Wildman–Crippen MR) is 81.0 cm³/mol. The number of aromatic amines is 1. The fourth-order valence-corrected chi connectivity index (χ4v) is 1.67. The molecule has 4 N–H and O–H groups in total. The molecule has 0 saturated carbocycles. The maximum atomic E-state index is 11.7. The minimum Gasteiger partial charge on any atom is -0.494 e. The standard InChI is InChI=1S/C13H18N4O6/c1-2-3-4-17-12(22)8(11(21)16-13(17)23)5-14-6-9(18)15-7-10(19)20/h5,22H,2-4,6-7H2,1H3,(H,15,18)(H,19,20)(H,16,21,23). The first-order valence-electron chi connectivity index (χ1n) is 6.91. The Labute approximate surface area is 130 Å². The second kappa shape index (κ2) is 8.51. The van der Waals surface area contributed by atoms with Gasteiger partial charge in [-0.15, -0.1) is 0 Å². The van der Waals surface area contributed by atoms with Crippen molar-refractivity contribution in [1.82, 2.24) is 14.9 Å². The van der Waals surface area contributed by atoms with Crippen LogP contribution in [0.5, 0.6) is 5.88 Å². The monoisotopic (exact) mass is 326 g/mol. The summed E-state index contributed by atoms with van der Waals surface area (Å²) in [6.45, 7) is 1.19. The van der Waals surface area contributed by atoms with Crippen LogP contribution in [-0.4, -0.2) is 50.9 Å². The summed E-state index contributed by atoms with van der Waals surface area (Å²) < 4.78 is 1.01. The number of carboxylic acid groups (broad SMARTS) is 1. The number of hydrogen-bond acceptors (Lipinski definition) is 6. The number of aliphatic carboxylic acids is 1. The molecule has 126 valence electrons. The summed E-state index contributed by atoms with van der Waals surface area (Å²) in [5.74, 6) is -2.37. The Morgan fingerprint density at radius 2 is 2.09 bits per heavy atom. The van der Waals surface area contributed by atoms with Gasteiger partial charge in [0.1, 0.15) is 18.7 Å². The summed E-state index contributed by atoms with van der Waals surface area (Å²) >= 11 is 0. The molecule has 0 spiro atoms. The van der Waals surface area contributed by atoms with Crippen LogP contribution in [0.3, 0.4) is 0 Å². The van der Waals surface area contributed by atoms with Crippen molar-refractivity contribution < 1.29 is 19.8 Å². The van der Waals surface area contributed by atoms with Crippen LogP contribution in [0.2, 0.25) is 0 Å². The smallest absolute Gasteiger partial charge is 0.331 e. The molecule has 0 radical (unpaired) electrons. The van der Waals surface area contributed by atoms with Gasteiger partial charge in [-0.3, -0.25) is 28.9 Å². The first-order chi connectivity index (χ1) is 10.9. The van der Waals surface area contributed by atoms with Crippen molar-refractivity contribution in [1.29, 1.82) is 0 Å². The first-order valence-corrected chi connectivity index (χ1v) is 6.91. The molecule has 1 rings (SSSR count). The summed E-state index contributed by atoms with van der Waals surface area (Å²) in [5, 5.41) is 20.5. The zero-order valence-electron chi connectivity index (χ0n) is 12.5. The molecule has 0 fully saturated rings. The van der Waals surface area contributed by atoms with E-state index in [1.807, 2.05) is 6.92 Å². The number of unbranched alkanes of at least 4 members (excludes halogenated alkanes) is 1. The summed E-state index contributed by atoms with van der Waals surface area (Å²) in [6.07, 6.45) is 2.39. The largest absolute Gasteiger partial charge is 0.494 e. The third kappa shape index (κ3) is 5.41. The molecule has 1 aromatic rings. The fourth-order valence-electron chi connectivity index (χ4n) is 1.67. The van der Waals surface area contributed by atoms with Gasteiger partial charge in [-0.05, 0) is 6.42 Å². The van der Waals surface area contributed by atoms with E-state index in [0.29, 0.717) is 6.42 Å². The molecule has 10 heteroatoms. The van der Waals surface area contributed by atoms with Gasteiger partial charge < -0.3 is 15.5 Å². The van der Waals surface area contributed by atoms with Crippen LogP contribution < -0.4 is 16.6 Å². The van der Waals surface area contributed by atoms with Gasteiger partial charge in [0.25, 0.3) is 5.56 Å². The minimum absolute atomic E-state index is 0.234. The minimum atomic E-state index is -1.19. The van der Waals surface area contributed by atoms with Gasteiger partial charge in [-0.25, -0.2) is 4.79 Å². The van der Waals surface area contributed by atoms with Crippen molar-refractivity contribution in [2.75, 3.05) is 13.1 Å². The molecule has 0 aliphatic carbocycles. The first kappa shape index (κ1) is 18.1. The molecule has 0 unspecified atom stereocenters. The van der Waals surface area contributed by atoms with E-state index in [4.69, 9.17) is 5.11 Å². The highest BCUT2D eigenvalue weighted by Gasteiger charge is 2.12. The van der Waals surface area contributed by atoms with E-state index in [9.17, 15) is 24.3 Å². The molecular formula is C13H18N4O6. The predicted octanol–water partition coefficient (Wildman–Crippen LogP) is -1.34. The Hall–Kier alpha value is -2.91. The van der Waals surface area contributed by atoms with Crippen LogP contribution in [0, 0.1) is 0 Å². The van der Waals surface area contributed by atoms with Gasteiger partial charge in [0.15, 0.2) is 0 Å². The number of aromatic nitrogens is 2. The van der Waals surface area contributed by atoms with Crippen molar-refractivity contribution in [2.24, 2.45) is 4.99 Å². The summed E-state index contributed by atoms with van der Waals surface area (Å²) in [4.78, 5) is 50.6. The lowest BCUT2D eigenvalue weighted by atomic mass is 10.3. The number of hydrogen-bond donors (Lipinski definition) is 4. The van der Waals surface area contributed by atoms with E-state index in [1.54, 1.807) is 0 Å². The lowest BCUT2D eigenvalue weighted by Gasteiger charge is -2.08. The lowest BCUT2D eigenvalue weighted by Crippen LogP contribution is -2.33. The maximum Gasteiger partial charge on any atom is 0.331 e. The Kier molecular flexibility index (Phi) is 6.71. The lowest BCUT2D eigenvalue weighted by molar-refractivity contribution is -0.137. The van der Waals surface area contributed by atoms with Crippen LogP contribution in [0.15, 0.2) is 14.6 Å². The Morgan fingerprint density at radius 1 is 1.39 bits per heavy atom. The van der Waals surface area contributed by atoms with Crippen LogP contribution in [0.4, 0.5) is 0 Å². The highest BCUT2D eigenvalue weighted by Crippen LogP contribution is 2.08. The number of carbonyl (C=O) groups is 2. The van der Waals surface area contributed by atoms with E-state index < -0.39 is 42.1 Å². The van der Waals surface area contributed by atoms with E-state index in [-0.39, 0.29) is 12.1 Å². The summed E-state index contributed by atoms with van der Waals surface area (Å²) in [6, 6.07) is 0. The zero-order valence-corrected chi connectivity index (χ0v) is 12.5. The van der Waals surface area contributed by atoms with Crippen molar-refractivity contribution in [2.45, 2.75) is 26.3 Å². The van der Waals surface area contributed by atoms with E-state index in [2.05, 4.69) is 15.3 Å². The fraction of sp³-hybridized carbons (Fsp3) is 0.462. The molecule has 10 nitrogen and oxygen atoms in total. The van der Waals surface area contributed by atoms with Crippen LogP contribution in [0.25, 0.3) is 0 Å². The second-order valence-electron chi connectivity index (χ2n) is 4.64. The van der Waals surface area contributed by atoms with Gasteiger partial charge in [0, 0.05) is 12.8 Å². The van der Waals surface area contributed by atoms with Gasteiger partial charge in [-0.2, -0.15) is 0 Å². The SMILES string of the molecule is CCCCn1c(O)c(C=NCC(=O)NCC(=O)O)c(=O)[nH]c1=O. The summed E-state index contributed by atoms with van der Waals surface area (Å²) in [7, 11) is 0.